The van der Waals surface area contributed by atoms with Crippen LogP contribution in [0.4, 0.5) is 0 Å². The molecule has 2 saturated heterocycles. The first-order valence-electron chi connectivity index (χ1n) is 18.1. The van der Waals surface area contributed by atoms with Gasteiger partial charge in [0.15, 0.2) is 12.1 Å². The van der Waals surface area contributed by atoms with Gasteiger partial charge in [-0.05, 0) is 74.9 Å². The summed E-state index contributed by atoms with van der Waals surface area (Å²) in [6.45, 7) is 14.8. The molecule has 2 heterocycles. The topological polar surface area (TPSA) is 210 Å². The summed E-state index contributed by atoms with van der Waals surface area (Å²) in [5, 5.41) is 67.2. The lowest BCUT2D eigenvalue weighted by atomic mass is 9.38. The Hall–Kier alpha value is -2.07. The summed E-state index contributed by atoms with van der Waals surface area (Å²) >= 11 is 0. The van der Waals surface area contributed by atoms with E-state index in [2.05, 4.69) is 0 Å². The predicted octanol–water partition coefficient (Wildman–Crippen LogP) is 1.48. The van der Waals surface area contributed by atoms with Crippen molar-refractivity contribution < 1.29 is 64.0 Å². The van der Waals surface area contributed by atoms with Crippen molar-refractivity contribution in [1.29, 1.82) is 0 Å². The first kappa shape index (κ1) is 38.6. The van der Waals surface area contributed by atoms with E-state index in [0.29, 0.717) is 6.42 Å². The molecule has 0 bridgehead atoms. The van der Waals surface area contributed by atoms with E-state index in [9.17, 15) is 45.0 Å². The highest BCUT2D eigenvalue weighted by molar-refractivity contribution is 5.97. The van der Waals surface area contributed by atoms with E-state index in [-0.39, 0.29) is 31.0 Å². The molecule has 0 aromatic rings. The second kappa shape index (κ2) is 12.0. The van der Waals surface area contributed by atoms with Crippen LogP contribution in [0, 0.1) is 39.4 Å². The van der Waals surface area contributed by atoms with Gasteiger partial charge in [-0.2, -0.15) is 0 Å². The summed E-state index contributed by atoms with van der Waals surface area (Å²) in [6, 6.07) is 0. The lowest BCUT2D eigenvalue weighted by Gasteiger charge is -2.67. The molecule has 0 unspecified atom stereocenters. The third-order valence-electron chi connectivity index (χ3n) is 14.4. The van der Waals surface area contributed by atoms with E-state index in [0.717, 1.165) is 5.57 Å². The Balaban J connectivity index is 1.35. The number of rotatable bonds is 6. The maximum atomic E-state index is 14.9. The number of Topliss-reactive ketones (excluding diaryl/α,β-unsaturated/α-hetero) is 1. The molecule has 4 aliphatic carbocycles. The Morgan fingerprint density at radius 1 is 1.04 bits per heavy atom. The third-order valence-corrected chi connectivity index (χ3v) is 14.4. The number of hydrogen-bond donors (Lipinski definition) is 6. The lowest BCUT2D eigenvalue weighted by Crippen LogP contribution is -2.74. The number of ether oxygens (including phenoxy) is 4. The number of hydrogen-bond acceptors (Lipinski definition) is 13. The molecule has 2 aliphatic heterocycles. The van der Waals surface area contributed by atoms with Crippen LogP contribution in [0.25, 0.3) is 0 Å². The van der Waals surface area contributed by atoms with Gasteiger partial charge in [0.1, 0.15) is 47.5 Å². The zero-order valence-electron chi connectivity index (χ0n) is 31.1. The minimum Gasteiger partial charge on any atom is -0.456 e. The van der Waals surface area contributed by atoms with Crippen molar-refractivity contribution in [3.8, 4) is 0 Å². The highest BCUT2D eigenvalue weighted by Crippen LogP contribution is 2.75. The van der Waals surface area contributed by atoms with Crippen molar-refractivity contribution in [1.82, 2.24) is 0 Å². The molecule has 15 atom stereocenters. The van der Waals surface area contributed by atoms with E-state index in [4.69, 9.17) is 18.9 Å². The molecular weight excluding hydrogens is 664 g/mol. The van der Waals surface area contributed by atoms with E-state index >= 15 is 0 Å². The number of ketones is 2. The number of esters is 1. The molecule has 6 N–H and O–H groups in total. The fourth-order valence-electron chi connectivity index (χ4n) is 11.5. The molecule has 0 amide bonds. The fraction of sp³-hybridized carbons (Fsp3) is 0.816. The molecule has 13 nitrogen and oxygen atoms in total. The van der Waals surface area contributed by atoms with Crippen LogP contribution in [0.1, 0.15) is 88.0 Å². The van der Waals surface area contributed by atoms with Crippen molar-refractivity contribution in [2.24, 2.45) is 39.4 Å². The van der Waals surface area contributed by atoms with Crippen LogP contribution in [-0.4, -0.2) is 115 Å². The van der Waals surface area contributed by atoms with Gasteiger partial charge >= 0.3 is 5.97 Å². The second-order valence-corrected chi connectivity index (χ2v) is 18.0. The normalized spacial score (nSPS) is 48.7. The van der Waals surface area contributed by atoms with Crippen LogP contribution < -0.4 is 0 Å². The van der Waals surface area contributed by atoms with E-state index < -0.39 is 112 Å². The average Bonchev–Trinajstić information content (AvgIpc) is 3.22. The number of fused-ring (bicyclic) bond motifs is 7. The number of aliphatic hydroxyl groups is 6. The first-order chi connectivity index (χ1) is 23.3. The van der Waals surface area contributed by atoms with Crippen LogP contribution in [0.5, 0.6) is 0 Å². The number of carbonyl (C=O) groups excluding carboxylic acids is 3. The molecule has 0 radical (unpaired) electrons. The van der Waals surface area contributed by atoms with Gasteiger partial charge < -0.3 is 49.6 Å². The zero-order valence-corrected chi connectivity index (χ0v) is 31.1. The smallest absolute Gasteiger partial charge is 0.303 e. The maximum Gasteiger partial charge on any atom is 0.303 e. The largest absolute Gasteiger partial charge is 0.456 e. The van der Waals surface area contributed by atoms with Gasteiger partial charge in [0, 0.05) is 30.1 Å². The van der Waals surface area contributed by atoms with Crippen molar-refractivity contribution in [2.45, 2.75) is 148 Å². The Labute approximate surface area is 299 Å². The molecule has 51 heavy (non-hydrogen) atoms. The van der Waals surface area contributed by atoms with Crippen molar-refractivity contribution in [2.75, 3.05) is 6.61 Å². The molecule has 3 saturated carbocycles. The molecule has 0 spiro atoms. The van der Waals surface area contributed by atoms with Gasteiger partial charge in [0.2, 0.25) is 5.79 Å². The van der Waals surface area contributed by atoms with E-state index in [1.54, 1.807) is 13.8 Å². The number of allylic oxidation sites excluding steroid dienone is 1. The summed E-state index contributed by atoms with van der Waals surface area (Å²) in [5.74, 6) is -4.99. The maximum absolute atomic E-state index is 14.9. The van der Waals surface area contributed by atoms with Crippen molar-refractivity contribution in [3.05, 3.63) is 23.8 Å². The Morgan fingerprint density at radius 2 is 1.69 bits per heavy atom. The van der Waals surface area contributed by atoms with Gasteiger partial charge in [-0.15, -0.1) is 0 Å². The number of carbonyl (C=O) groups is 3. The minimum absolute atomic E-state index is 0.0170. The Morgan fingerprint density at radius 3 is 2.29 bits per heavy atom. The van der Waals surface area contributed by atoms with Gasteiger partial charge in [-0.1, -0.05) is 46.3 Å². The predicted molar refractivity (Wildman–Crippen MR) is 179 cm³/mol. The summed E-state index contributed by atoms with van der Waals surface area (Å²) in [4.78, 5) is 40.1. The average molecular weight is 721 g/mol. The van der Waals surface area contributed by atoms with Crippen molar-refractivity contribution >= 4 is 17.5 Å². The fourth-order valence-corrected chi connectivity index (χ4v) is 11.5. The van der Waals surface area contributed by atoms with Gasteiger partial charge in [-0.25, -0.2) is 0 Å². The molecular formula is C38H56O13. The van der Waals surface area contributed by atoms with Crippen LogP contribution in [0.15, 0.2) is 23.8 Å². The molecule has 6 rings (SSSR count). The molecule has 6 aliphatic rings. The van der Waals surface area contributed by atoms with Crippen molar-refractivity contribution in [3.63, 3.8) is 0 Å². The molecule has 5 fully saturated rings. The minimum atomic E-state index is -2.06. The third kappa shape index (κ3) is 5.24. The van der Waals surface area contributed by atoms with Crippen LogP contribution in [0.2, 0.25) is 0 Å². The summed E-state index contributed by atoms with van der Waals surface area (Å²) in [6.07, 6.45) is -3.21. The standard InChI is InChI=1S/C38H56O13/c1-18(40)50-32(2,3)13-12-24(42)37(9,46)30-21(41)15-34(6)23-11-10-19-20(36(23,8)25(43)16-35(30,34)7)14-26-38(47,33(19,4)5)51-29-28(45)27(44)22(17-39)48-31(29)49-26/h10,12-13,20-23,26-31,39,41,44-47H,11,14-17H2,1-9H3/b13-12+/t20-,21-,22-,23+,26+,27-,28+,29-,30+,31+,34+,35-,36+,37+,38-/m1/s1. The highest BCUT2D eigenvalue weighted by Gasteiger charge is 2.76. The monoisotopic (exact) mass is 720 g/mol. The van der Waals surface area contributed by atoms with E-state index in [1.165, 1.54) is 26.0 Å². The number of aliphatic hydroxyl groups excluding tert-OH is 4. The van der Waals surface area contributed by atoms with Gasteiger partial charge in [-0.3, -0.25) is 14.4 Å². The molecule has 13 heteroatoms. The van der Waals surface area contributed by atoms with Crippen LogP contribution >= 0.6 is 0 Å². The van der Waals surface area contributed by atoms with Crippen LogP contribution in [-0.2, 0) is 33.3 Å². The lowest BCUT2D eigenvalue weighted by molar-refractivity contribution is -0.453. The van der Waals surface area contributed by atoms with Crippen LogP contribution in [0.3, 0.4) is 0 Å². The quantitative estimate of drug-likeness (QED) is 0.131. The summed E-state index contributed by atoms with van der Waals surface area (Å²) in [7, 11) is 0. The second-order valence-electron chi connectivity index (χ2n) is 18.0. The first-order valence-corrected chi connectivity index (χ1v) is 18.1. The molecule has 0 aromatic carbocycles. The van der Waals surface area contributed by atoms with Gasteiger partial charge in [0.25, 0.3) is 0 Å². The van der Waals surface area contributed by atoms with Gasteiger partial charge in [0.05, 0.1) is 12.7 Å². The zero-order chi connectivity index (χ0) is 38.1. The molecule has 286 valence electrons. The molecule has 0 aromatic heterocycles. The summed E-state index contributed by atoms with van der Waals surface area (Å²) in [5.41, 5.74) is -6.20. The Kier molecular flexibility index (Phi) is 9.07. The Bertz CT molecular complexity index is 1530. The SMILES string of the molecule is CC(=O)OC(C)(C)/C=C/C(=O)[C@](C)(O)[C@H]1[C@H](O)C[C@@]2(C)[C@@H]3CC=C4[C@@H](C[C@@H]5O[C@@H]6O[C@H](CO)[C@@H](O)[C@H](O)[C@H]6O[C@@]5(O)C4(C)C)[C@]3(C)C(=O)C[C@]12C. The summed E-state index contributed by atoms with van der Waals surface area (Å²) < 4.78 is 23.6. The highest BCUT2D eigenvalue weighted by atomic mass is 16.8. The van der Waals surface area contributed by atoms with E-state index in [1.807, 2.05) is 40.7 Å².